The predicted molar refractivity (Wildman–Crippen MR) is 89.4 cm³/mol. The van der Waals surface area contributed by atoms with Gasteiger partial charge in [-0.25, -0.2) is 8.42 Å². The summed E-state index contributed by atoms with van der Waals surface area (Å²) in [5.41, 5.74) is -0.0905. The number of nitrogens with zero attached hydrogens (tertiary/aromatic N) is 2. The minimum absolute atomic E-state index is 0.0442. The minimum Gasteiger partial charge on any atom is -0.355 e. The number of hydrogen-bond acceptors (Lipinski definition) is 8. The monoisotopic (exact) mass is 382 g/mol. The Hall–Kier alpha value is -2.04. The maximum atomic E-state index is 13.3. The van der Waals surface area contributed by atoms with Gasteiger partial charge in [-0.3, -0.25) is 10.1 Å². The molecule has 26 heavy (non-hydrogen) atoms. The lowest BCUT2D eigenvalue weighted by molar-refractivity contribution is -0.385. The van der Waals surface area contributed by atoms with Gasteiger partial charge in [-0.15, -0.1) is 0 Å². The molecule has 4 rings (SSSR count). The number of aromatic nitrogens is 1. The van der Waals surface area contributed by atoms with Gasteiger partial charge in [0.05, 0.1) is 39.7 Å². The molecule has 2 aromatic rings. The molecule has 0 radical (unpaired) electrons. The molecule has 0 spiro atoms. The van der Waals surface area contributed by atoms with Gasteiger partial charge < -0.3 is 14.0 Å². The van der Waals surface area contributed by atoms with Crippen LogP contribution in [0.5, 0.6) is 0 Å². The van der Waals surface area contributed by atoms with Crippen LogP contribution in [0.1, 0.15) is 44.1 Å². The molecule has 1 aromatic heterocycles. The summed E-state index contributed by atoms with van der Waals surface area (Å²) < 4.78 is 42.6. The standard InChI is InChI=1S/C16H18N2O7S/c19-18(20)10-8-12-14(15(17-25-12)16-23-6-7-24-16)13(9-10)26(21,22)11-4-2-1-3-5-11/h8-9,11,16H,1-7H2. The van der Waals surface area contributed by atoms with Crippen molar-refractivity contribution in [2.75, 3.05) is 13.2 Å². The molecule has 1 aliphatic heterocycles. The van der Waals surface area contributed by atoms with Crippen molar-refractivity contribution in [3.05, 3.63) is 27.9 Å². The first-order valence-electron chi connectivity index (χ1n) is 8.53. The summed E-state index contributed by atoms with van der Waals surface area (Å²) in [5, 5.41) is 14.8. The number of nitro benzene ring substituents is 1. The molecule has 1 aromatic carbocycles. The van der Waals surface area contributed by atoms with E-state index in [-0.39, 0.29) is 27.2 Å². The number of rotatable bonds is 4. The molecule has 0 N–H and O–H groups in total. The fourth-order valence-electron chi connectivity index (χ4n) is 3.61. The topological polar surface area (TPSA) is 122 Å². The van der Waals surface area contributed by atoms with E-state index in [1.165, 1.54) is 6.07 Å². The van der Waals surface area contributed by atoms with Crippen molar-refractivity contribution in [3.8, 4) is 0 Å². The molecule has 1 saturated heterocycles. The Bertz CT molecular complexity index is 941. The van der Waals surface area contributed by atoms with Crippen LogP contribution in [0.25, 0.3) is 11.0 Å². The van der Waals surface area contributed by atoms with E-state index in [9.17, 15) is 18.5 Å². The van der Waals surface area contributed by atoms with Crippen LogP contribution >= 0.6 is 0 Å². The number of nitro groups is 1. The minimum atomic E-state index is -3.78. The fraction of sp³-hybridized carbons (Fsp3) is 0.562. The Balaban J connectivity index is 1.92. The molecule has 1 saturated carbocycles. The van der Waals surface area contributed by atoms with Crippen molar-refractivity contribution in [2.45, 2.75) is 48.5 Å². The molecule has 0 unspecified atom stereocenters. The molecule has 140 valence electrons. The second-order valence-electron chi connectivity index (χ2n) is 6.52. The average molecular weight is 382 g/mol. The quantitative estimate of drug-likeness (QED) is 0.584. The zero-order valence-electron chi connectivity index (χ0n) is 13.9. The van der Waals surface area contributed by atoms with Gasteiger partial charge in [0, 0.05) is 6.07 Å². The van der Waals surface area contributed by atoms with Crippen LogP contribution in [0, 0.1) is 10.1 Å². The zero-order chi connectivity index (χ0) is 18.3. The van der Waals surface area contributed by atoms with E-state index >= 15 is 0 Å². The maximum Gasteiger partial charge on any atom is 0.274 e. The highest BCUT2D eigenvalue weighted by Gasteiger charge is 2.36. The van der Waals surface area contributed by atoms with Crippen LogP contribution in [0.2, 0.25) is 0 Å². The van der Waals surface area contributed by atoms with E-state index in [1.807, 2.05) is 0 Å². The third kappa shape index (κ3) is 2.87. The van der Waals surface area contributed by atoms with Gasteiger partial charge in [-0.05, 0) is 12.8 Å². The average Bonchev–Trinajstić information content (AvgIpc) is 3.30. The number of benzene rings is 1. The number of ether oxygens (including phenoxy) is 2. The summed E-state index contributed by atoms with van der Waals surface area (Å²) in [4.78, 5) is 10.5. The van der Waals surface area contributed by atoms with Crippen molar-refractivity contribution < 1.29 is 27.3 Å². The summed E-state index contributed by atoms with van der Waals surface area (Å²) in [5.74, 6) is 0. The summed E-state index contributed by atoms with van der Waals surface area (Å²) in [6.45, 7) is 0.716. The van der Waals surface area contributed by atoms with Gasteiger partial charge in [0.1, 0.15) is 5.69 Å². The highest BCUT2D eigenvalue weighted by Crippen LogP contribution is 2.39. The lowest BCUT2D eigenvalue weighted by Crippen LogP contribution is -2.24. The molecule has 9 nitrogen and oxygen atoms in total. The van der Waals surface area contributed by atoms with Gasteiger partial charge in [0.15, 0.2) is 15.4 Å². The van der Waals surface area contributed by atoms with Gasteiger partial charge in [0.25, 0.3) is 5.69 Å². The summed E-state index contributed by atoms with van der Waals surface area (Å²) in [6, 6.07) is 2.28. The van der Waals surface area contributed by atoms with Crippen LogP contribution < -0.4 is 0 Å². The first kappa shape index (κ1) is 17.4. The highest BCUT2D eigenvalue weighted by atomic mass is 32.2. The second-order valence-corrected chi connectivity index (χ2v) is 8.72. The second kappa shape index (κ2) is 6.60. The molecule has 2 fully saturated rings. The molecule has 0 atom stereocenters. The SMILES string of the molecule is O=[N+]([O-])c1cc(S(=O)(=O)C2CCCCC2)c2c(C3OCCO3)noc2c1. The van der Waals surface area contributed by atoms with Gasteiger partial charge in [-0.2, -0.15) is 0 Å². The van der Waals surface area contributed by atoms with E-state index in [0.717, 1.165) is 25.3 Å². The first-order valence-corrected chi connectivity index (χ1v) is 10.1. The molecule has 0 amide bonds. The van der Waals surface area contributed by atoms with Crippen molar-refractivity contribution in [3.63, 3.8) is 0 Å². The Morgan fingerprint density at radius 2 is 1.81 bits per heavy atom. The molecular formula is C16H18N2O7S. The van der Waals surface area contributed by atoms with Crippen LogP contribution in [0.3, 0.4) is 0 Å². The molecule has 10 heteroatoms. The first-order chi connectivity index (χ1) is 12.5. The van der Waals surface area contributed by atoms with Crippen molar-refractivity contribution in [1.29, 1.82) is 0 Å². The van der Waals surface area contributed by atoms with Gasteiger partial charge >= 0.3 is 0 Å². The normalized spacial score (nSPS) is 20.0. The molecular weight excluding hydrogens is 364 g/mol. The third-order valence-corrected chi connectivity index (χ3v) is 7.19. The number of fused-ring (bicyclic) bond motifs is 1. The van der Waals surface area contributed by atoms with Crippen LogP contribution in [0.15, 0.2) is 21.6 Å². The van der Waals surface area contributed by atoms with Crippen molar-refractivity contribution in [1.82, 2.24) is 5.16 Å². The van der Waals surface area contributed by atoms with E-state index in [1.54, 1.807) is 0 Å². The summed E-state index contributed by atoms with van der Waals surface area (Å²) in [7, 11) is -3.78. The molecule has 0 bridgehead atoms. The Morgan fingerprint density at radius 3 is 2.46 bits per heavy atom. The number of hydrogen-bond donors (Lipinski definition) is 0. The third-order valence-electron chi connectivity index (χ3n) is 4.90. The van der Waals surface area contributed by atoms with Crippen molar-refractivity contribution >= 4 is 26.5 Å². The van der Waals surface area contributed by atoms with Crippen LogP contribution in [0.4, 0.5) is 5.69 Å². The fourth-order valence-corrected chi connectivity index (χ4v) is 5.69. The van der Waals surface area contributed by atoms with Gasteiger partial charge in [0.2, 0.25) is 6.29 Å². The van der Waals surface area contributed by atoms with Gasteiger partial charge in [-0.1, -0.05) is 24.4 Å². The molecule has 1 aliphatic carbocycles. The maximum absolute atomic E-state index is 13.3. The predicted octanol–water partition coefficient (Wildman–Crippen LogP) is 2.89. The molecule has 2 heterocycles. The Kier molecular flexibility index (Phi) is 4.41. The Morgan fingerprint density at radius 1 is 1.12 bits per heavy atom. The van der Waals surface area contributed by atoms with E-state index in [0.29, 0.717) is 26.1 Å². The lowest BCUT2D eigenvalue weighted by atomic mass is 10.0. The zero-order valence-corrected chi connectivity index (χ0v) is 14.7. The lowest BCUT2D eigenvalue weighted by Gasteiger charge is -2.22. The smallest absolute Gasteiger partial charge is 0.274 e. The Labute approximate surface area is 149 Å². The molecule has 2 aliphatic rings. The van der Waals surface area contributed by atoms with Crippen molar-refractivity contribution in [2.24, 2.45) is 0 Å². The van der Waals surface area contributed by atoms with Crippen LogP contribution in [-0.2, 0) is 19.3 Å². The van der Waals surface area contributed by atoms with Crippen LogP contribution in [-0.4, -0.2) is 37.0 Å². The van der Waals surface area contributed by atoms with E-state index in [2.05, 4.69) is 5.16 Å². The largest absolute Gasteiger partial charge is 0.355 e. The van der Waals surface area contributed by atoms with E-state index in [4.69, 9.17) is 14.0 Å². The number of sulfone groups is 1. The summed E-state index contributed by atoms with van der Waals surface area (Å²) in [6.07, 6.45) is 2.91. The summed E-state index contributed by atoms with van der Waals surface area (Å²) >= 11 is 0. The highest BCUT2D eigenvalue weighted by molar-refractivity contribution is 7.92. The van der Waals surface area contributed by atoms with E-state index < -0.39 is 26.3 Å². The number of non-ortho nitro benzene ring substituents is 1.